The summed E-state index contributed by atoms with van der Waals surface area (Å²) in [6, 6.07) is 14.3. The molecule has 8 nitrogen and oxygen atoms in total. The van der Waals surface area contributed by atoms with Crippen molar-refractivity contribution in [1.29, 1.82) is 0 Å². The lowest BCUT2D eigenvalue weighted by molar-refractivity contribution is -0.134. The fraction of sp³-hybridized carbons (Fsp3) is 0.318. The number of nitrogens with zero attached hydrogens (tertiary/aromatic N) is 1. The van der Waals surface area contributed by atoms with Crippen molar-refractivity contribution in [2.45, 2.75) is 25.3 Å². The van der Waals surface area contributed by atoms with Crippen LogP contribution in [0.25, 0.3) is 0 Å². The summed E-state index contributed by atoms with van der Waals surface area (Å²) < 4.78 is 10.7. The van der Waals surface area contributed by atoms with Crippen LogP contribution in [0.1, 0.15) is 30.9 Å². The van der Waals surface area contributed by atoms with Crippen LogP contribution in [0, 0.1) is 0 Å². The van der Waals surface area contributed by atoms with Crippen LogP contribution in [0.2, 0.25) is 0 Å². The van der Waals surface area contributed by atoms with Crippen LogP contribution in [0.4, 0.5) is 4.79 Å². The summed E-state index contributed by atoms with van der Waals surface area (Å²) in [4.78, 5) is 38.8. The molecule has 0 saturated carbocycles. The number of rotatable bonds is 6. The molecule has 0 aromatic heterocycles. The van der Waals surface area contributed by atoms with Crippen LogP contribution in [0.15, 0.2) is 48.5 Å². The van der Waals surface area contributed by atoms with Crippen LogP contribution in [-0.2, 0) is 15.1 Å². The fourth-order valence-corrected chi connectivity index (χ4v) is 3.61. The van der Waals surface area contributed by atoms with Crippen LogP contribution >= 0.6 is 0 Å². The van der Waals surface area contributed by atoms with Crippen molar-refractivity contribution in [3.63, 3.8) is 0 Å². The largest absolute Gasteiger partial charge is 0.454 e. The van der Waals surface area contributed by atoms with E-state index in [0.717, 1.165) is 10.5 Å². The summed E-state index contributed by atoms with van der Waals surface area (Å²) in [5.41, 5.74) is 0.379. The lowest BCUT2D eigenvalue weighted by atomic mass is 9.91. The number of benzene rings is 2. The Morgan fingerprint density at radius 3 is 2.67 bits per heavy atom. The van der Waals surface area contributed by atoms with E-state index in [1.807, 2.05) is 37.3 Å². The highest BCUT2D eigenvalue weighted by Gasteiger charge is 2.49. The Kier molecular flexibility index (Phi) is 5.07. The lowest BCUT2D eigenvalue weighted by Gasteiger charge is -2.22. The van der Waals surface area contributed by atoms with Gasteiger partial charge in [-0.25, -0.2) is 4.79 Å². The van der Waals surface area contributed by atoms with E-state index in [9.17, 15) is 14.4 Å². The molecule has 8 heteroatoms. The van der Waals surface area contributed by atoms with E-state index < -0.39 is 23.4 Å². The second kappa shape index (κ2) is 7.70. The second-order valence-electron chi connectivity index (χ2n) is 7.63. The van der Waals surface area contributed by atoms with Crippen molar-refractivity contribution in [1.82, 2.24) is 15.5 Å². The third-order valence-corrected chi connectivity index (χ3v) is 5.50. The van der Waals surface area contributed by atoms with Gasteiger partial charge in [0.15, 0.2) is 11.5 Å². The predicted octanol–water partition coefficient (Wildman–Crippen LogP) is 2.10. The number of fused-ring (bicyclic) bond motifs is 1. The number of amides is 4. The summed E-state index contributed by atoms with van der Waals surface area (Å²) in [6.07, 6.45) is 0. The smallest absolute Gasteiger partial charge is 0.325 e. The van der Waals surface area contributed by atoms with Crippen LogP contribution < -0.4 is 20.1 Å². The van der Waals surface area contributed by atoms with Gasteiger partial charge in [-0.3, -0.25) is 14.5 Å². The maximum absolute atomic E-state index is 13.0. The first-order valence-corrected chi connectivity index (χ1v) is 9.74. The van der Waals surface area contributed by atoms with Crippen LogP contribution in [0.5, 0.6) is 11.5 Å². The van der Waals surface area contributed by atoms with E-state index in [0.29, 0.717) is 23.6 Å². The van der Waals surface area contributed by atoms with Gasteiger partial charge in [0, 0.05) is 6.54 Å². The van der Waals surface area contributed by atoms with Gasteiger partial charge in [-0.05, 0) is 36.1 Å². The SMILES string of the molecule is C[C@H](CNC(=O)CN1C(=O)N[C@](C)(c2ccc3c(c2)OCO3)C1=O)c1ccccc1. The number of urea groups is 1. The van der Waals surface area contributed by atoms with E-state index >= 15 is 0 Å². The van der Waals surface area contributed by atoms with E-state index in [1.54, 1.807) is 25.1 Å². The van der Waals surface area contributed by atoms with Crippen molar-refractivity contribution in [2.75, 3.05) is 19.9 Å². The molecule has 2 aliphatic rings. The van der Waals surface area contributed by atoms with E-state index in [1.165, 1.54) is 0 Å². The summed E-state index contributed by atoms with van der Waals surface area (Å²) in [6.45, 7) is 3.79. The number of imide groups is 1. The Morgan fingerprint density at radius 1 is 1.17 bits per heavy atom. The number of hydrogen-bond acceptors (Lipinski definition) is 5. The van der Waals surface area contributed by atoms with Gasteiger partial charge in [-0.15, -0.1) is 0 Å². The van der Waals surface area contributed by atoms with Crippen molar-refractivity contribution in [2.24, 2.45) is 0 Å². The first-order valence-electron chi connectivity index (χ1n) is 9.74. The lowest BCUT2D eigenvalue weighted by Crippen LogP contribution is -2.43. The molecule has 0 aliphatic carbocycles. The van der Waals surface area contributed by atoms with E-state index in [4.69, 9.17) is 9.47 Å². The minimum absolute atomic E-state index is 0.108. The molecule has 0 spiro atoms. The summed E-state index contributed by atoms with van der Waals surface area (Å²) in [5, 5.41) is 5.50. The summed E-state index contributed by atoms with van der Waals surface area (Å²) in [5.74, 6) is 0.329. The quantitative estimate of drug-likeness (QED) is 0.713. The predicted molar refractivity (Wildman–Crippen MR) is 108 cm³/mol. The van der Waals surface area contributed by atoms with Gasteiger partial charge < -0.3 is 20.1 Å². The highest BCUT2D eigenvalue weighted by atomic mass is 16.7. The molecule has 1 fully saturated rings. The highest BCUT2D eigenvalue weighted by molar-refractivity contribution is 6.09. The van der Waals surface area contributed by atoms with Crippen LogP contribution in [0.3, 0.4) is 0 Å². The molecule has 2 aromatic rings. The molecule has 2 N–H and O–H groups in total. The van der Waals surface area contributed by atoms with Crippen molar-refractivity contribution >= 4 is 17.8 Å². The fourth-order valence-electron chi connectivity index (χ4n) is 3.61. The number of nitrogens with one attached hydrogen (secondary N) is 2. The molecule has 2 aliphatic heterocycles. The maximum atomic E-state index is 13.0. The Hall–Kier alpha value is -3.55. The summed E-state index contributed by atoms with van der Waals surface area (Å²) in [7, 11) is 0. The summed E-state index contributed by atoms with van der Waals surface area (Å²) >= 11 is 0. The molecule has 4 rings (SSSR count). The molecule has 0 unspecified atom stereocenters. The van der Waals surface area contributed by atoms with Crippen LogP contribution in [-0.4, -0.2) is 42.6 Å². The average Bonchev–Trinajstić information content (AvgIpc) is 3.31. The zero-order chi connectivity index (χ0) is 21.3. The molecule has 156 valence electrons. The zero-order valence-electron chi connectivity index (χ0n) is 16.8. The van der Waals surface area contributed by atoms with Crippen molar-refractivity contribution in [3.05, 3.63) is 59.7 Å². The molecule has 2 heterocycles. The van der Waals surface area contributed by atoms with Gasteiger partial charge in [0.2, 0.25) is 12.7 Å². The minimum atomic E-state index is -1.28. The topological polar surface area (TPSA) is 97.0 Å². The molecular weight excluding hydrogens is 386 g/mol. The van der Waals surface area contributed by atoms with E-state index in [-0.39, 0.29) is 19.3 Å². The first-order chi connectivity index (χ1) is 14.4. The molecule has 1 saturated heterocycles. The van der Waals surface area contributed by atoms with Crippen molar-refractivity contribution < 1.29 is 23.9 Å². The van der Waals surface area contributed by atoms with Gasteiger partial charge >= 0.3 is 6.03 Å². The van der Waals surface area contributed by atoms with Gasteiger partial charge in [0.05, 0.1) is 0 Å². The second-order valence-corrected chi connectivity index (χ2v) is 7.63. The molecular formula is C22H23N3O5. The molecule has 2 atom stereocenters. The molecule has 0 radical (unpaired) electrons. The van der Waals surface area contributed by atoms with Crippen molar-refractivity contribution in [3.8, 4) is 11.5 Å². The average molecular weight is 409 g/mol. The normalized spacial score (nSPS) is 20.8. The number of carbonyl (C=O) groups is 3. The Balaban J connectivity index is 1.41. The standard InChI is InChI=1S/C22H23N3O5/c1-14(15-6-4-3-5-7-15)11-23-19(26)12-25-20(27)22(2,24-21(25)28)16-8-9-17-18(10-16)30-13-29-17/h3-10,14H,11-13H2,1-2H3,(H,23,26)(H,24,28)/t14-,22-/m1/s1. The maximum Gasteiger partial charge on any atom is 0.325 e. The van der Waals surface area contributed by atoms with Gasteiger partial charge in [-0.1, -0.05) is 43.3 Å². The monoisotopic (exact) mass is 409 g/mol. The third-order valence-electron chi connectivity index (χ3n) is 5.50. The third kappa shape index (κ3) is 3.56. The molecule has 0 bridgehead atoms. The highest BCUT2D eigenvalue weighted by Crippen LogP contribution is 2.37. The Morgan fingerprint density at radius 2 is 1.90 bits per heavy atom. The Bertz CT molecular complexity index is 994. The first kappa shape index (κ1) is 19.8. The molecule has 4 amide bonds. The molecule has 30 heavy (non-hydrogen) atoms. The van der Waals surface area contributed by atoms with Gasteiger partial charge in [0.1, 0.15) is 12.1 Å². The Labute approximate surface area is 174 Å². The zero-order valence-corrected chi connectivity index (χ0v) is 16.8. The number of ether oxygens (including phenoxy) is 2. The van der Waals surface area contributed by atoms with Gasteiger partial charge in [0.25, 0.3) is 5.91 Å². The number of hydrogen-bond donors (Lipinski definition) is 2. The van der Waals surface area contributed by atoms with E-state index in [2.05, 4.69) is 10.6 Å². The minimum Gasteiger partial charge on any atom is -0.454 e. The van der Waals surface area contributed by atoms with Gasteiger partial charge in [-0.2, -0.15) is 0 Å². The number of carbonyl (C=O) groups excluding carboxylic acids is 3. The molecule has 2 aromatic carbocycles.